The molecular weight excluding hydrogens is 218 g/mol. The molecule has 0 saturated carbocycles. The van der Waals surface area contributed by atoms with Gasteiger partial charge in [-0.1, -0.05) is 13.8 Å². The summed E-state index contributed by atoms with van der Waals surface area (Å²) >= 11 is 1.86. The van der Waals surface area contributed by atoms with Gasteiger partial charge in [0.05, 0.1) is 6.33 Å². The van der Waals surface area contributed by atoms with Crippen LogP contribution < -0.4 is 5.73 Å². The number of hydrogen-bond donors (Lipinski definition) is 1. The van der Waals surface area contributed by atoms with Crippen molar-refractivity contribution >= 4 is 11.8 Å². The van der Waals surface area contributed by atoms with E-state index in [-0.39, 0.29) is 0 Å². The van der Waals surface area contributed by atoms with Crippen LogP contribution in [-0.4, -0.2) is 28.1 Å². The molecule has 16 heavy (non-hydrogen) atoms. The average molecular weight is 241 g/mol. The highest BCUT2D eigenvalue weighted by molar-refractivity contribution is 7.98. The Balaban J connectivity index is 2.91. The molecule has 0 amide bonds. The van der Waals surface area contributed by atoms with Crippen molar-refractivity contribution in [2.75, 3.05) is 18.6 Å². The molecule has 1 rings (SSSR count). The Morgan fingerprint density at radius 2 is 2.12 bits per heavy atom. The second-order valence-electron chi connectivity index (χ2n) is 4.62. The van der Waals surface area contributed by atoms with Crippen LogP contribution in [-0.2, 0) is 0 Å². The lowest BCUT2D eigenvalue weighted by atomic mass is 9.93. The van der Waals surface area contributed by atoms with Gasteiger partial charge in [0.1, 0.15) is 0 Å². The molecule has 2 N–H and O–H groups in total. The van der Waals surface area contributed by atoms with E-state index in [0.717, 1.165) is 5.75 Å². The molecule has 0 aliphatic rings. The smallest absolute Gasteiger partial charge is 0.0951 e. The molecule has 3 nitrogen and oxygen atoms in total. The molecule has 0 fully saturated rings. The van der Waals surface area contributed by atoms with Crippen LogP contribution in [0.5, 0.6) is 0 Å². The van der Waals surface area contributed by atoms with Crippen LogP contribution in [0.2, 0.25) is 0 Å². The standard InChI is InChI=1S/C12H23N3S/c1-9(2)11(5-13)12-6-14-8-15(12)10(3)7-16-4/h6,8-11H,5,7,13H2,1-4H3. The largest absolute Gasteiger partial charge is 0.331 e. The van der Waals surface area contributed by atoms with Crippen LogP contribution in [0, 0.1) is 5.92 Å². The van der Waals surface area contributed by atoms with Crippen molar-refractivity contribution in [2.24, 2.45) is 11.7 Å². The summed E-state index contributed by atoms with van der Waals surface area (Å²) in [6.07, 6.45) is 6.03. The highest BCUT2D eigenvalue weighted by atomic mass is 32.2. The zero-order valence-corrected chi connectivity index (χ0v) is 11.5. The third-order valence-corrected chi connectivity index (χ3v) is 3.83. The third kappa shape index (κ3) is 3.01. The summed E-state index contributed by atoms with van der Waals surface area (Å²) < 4.78 is 2.27. The minimum atomic E-state index is 0.409. The van der Waals surface area contributed by atoms with Crippen molar-refractivity contribution in [3.63, 3.8) is 0 Å². The molecule has 0 aliphatic carbocycles. The lowest BCUT2D eigenvalue weighted by molar-refractivity contribution is 0.458. The molecule has 92 valence electrons. The Labute approximate surface area is 103 Å². The van der Waals surface area contributed by atoms with Crippen molar-refractivity contribution in [1.29, 1.82) is 0 Å². The van der Waals surface area contributed by atoms with E-state index < -0.39 is 0 Å². The predicted octanol–water partition coefficient (Wildman–Crippen LogP) is 2.51. The maximum absolute atomic E-state index is 5.86. The molecule has 1 aromatic heterocycles. The van der Waals surface area contributed by atoms with Gasteiger partial charge < -0.3 is 10.3 Å². The van der Waals surface area contributed by atoms with E-state index in [4.69, 9.17) is 5.73 Å². The molecule has 2 atom stereocenters. The first-order valence-electron chi connectivity index (χ1n) is 5.82. The molecule has 1 heterocycles. The summed E-state index contributed by atoms with van der Waals surface area (Å²) in [6, 6.07) is 0.486. The minimum Gasteiger partial charge on any atom is -0.331 e. The van der Waals surface area contributed by atoms with Crippen LogP contribution in [0.15, 0.2) is 12.5 Å². The molecule has 0 aliphatic heterocycles. The summed E-state index contributed by atoms with van der Waals surface area (Å²) in [7, 11) is 0. The fourth-order valence-corrected chi connectivity index (χ4v) is 2.67. The summed E-state index contributed by atoms with van der Waals surface area (Å²) in [5.41, 5.74) is 7.14. The zero-order valence-electron chi connectivity index (χ0n) is 10.7. The van der Waals surface area contributed by atoms with Gasteiger partial charge in [-0.25, -0.2) is 4.98 Å². The van der Waals surface area contributed by atoms with E-state index in [1.54, 1.807) is 0 Å². The Bertz CT molecular complexity index is 309. The van der Waals surface area contributed by atoms with E-state index in [1.807, 2.05) is 24.3 Å². The van der Waals surface area contributed by atoms with Crippen molar-refractivity contribution in [1.82, 2.24) is 9.55 Å². The molecule has 4 heteroatoms. The predicted molar refractivity (Wildman–Crippen MR) is 72.0 cm³/mol. The van der Waals surface area contributed by atoms with E-state index >= 15 is 0 Å². The summed E-state index contributed by atoms with van der Waals surface area (Å²) in [6.45, 7) is 7.35. The van der Waals surface area contributed by atoms with Crippen LogP contribution in [0.4, 0.5) is 0 Å². The number of hydrogen-bond acceptors (Lipinski definition) is 3. The number of nitrogens with zero attached hydrogens (tertiary/aromatic N) is 2. The third-order valence-electron chi connectivity index (χ3n) is 3.02. The molecule has 0 radical (unpaired) electrons. The first kappa shape index (κ1) is 13.6. The van der Waals surface area contributed by atoms with Gasteiger partial charge in [-0.2, -0.15) is 11.8 Å². The van der Waals surface area contributed by atoms with Crippen molar-refractivity contribution in [3.05, 3.63) is 18.2 Å². The van der Waals surface area contributed by atoms with Crippen molar-refractivity contribution < 1.29 is 0 Å². The van der Waals surface area contributed by atoms with Gasteiger partial charge in [0.2, 0.25) is 0 Å². The number of rotatable bonds is 6. The quantitative estimate of drug-likeness (QED) is 0.832. The first-order chi connectivity index (χ1) is 7.61. The number of imidazole rings is 1. The molecule has 0 bridgehead atoms. The van der Waals surface area contributed by atoms with Gasteiger partial charge in [0, 0.05) is 36.1 Å². The van der Waals surface area contributed by atoms with Gasteiger partial charge in [0.15, 0.2) is 0 Å². The van der Waals surface area contributed by atoms with Crippen LogP contribution in [0.25, 0.3) is 0 Å². The summed E-state index contributed by atoms with van der Waals surface area (Å²) in [5, 5.41) is 0. The molecule has 2 unspecified atom stereocenters. The maximum atomic E-state index is 5.86. The summed E-state index contributed by atoms with van der Waals surface area (Å²) in [5.74, 6) is 2.08. The maximum Gasteiger partial charge on any atom is 0.0951 e. The van der Waals surface area contributed by atoms with Crippen LogP contribution in [0.3, 0.4) is 0 Å². The second-order valence-corrected chi connectivity index (χ2v) is 5.53. The summed E-state index contributed by atoms with van der Waals surface area (Å²) in [4.78, 5) is 4.27. The topological polar surface area (TPSA) is 43.8 Å². The van der Waals surface area contributed by atoms with Crippen molar-refractivity contribution in [2.45, 2.75) is 32.7 Å². The normalized spacial score (nSPS) is 15.4. The fraction of sp³-hybridized carbons (Fsp3) is 0.750. The monoisotopic (exact) mass is 241 g/mol. The lowest BCUT2D eigenvalue weighted by Crippen LogP contribution is -2.22. The zero-order chi connectivity index (χ0) is 12.1. The van der Waals surface area contributed by atoms with Crippen LogP contribution >= 0.6 is 11.8 Å². The molecule has 1 aromatic rings. The van der Waals surface area contributed by atoms with Gasteiger partial charge in [-0.3, -0.25) is 0 Å². The van der Waals surface area contributed by atoms with E-state index in [9.17, 15) is 0 Å². The van der Waals surface area contributed by atoms with E-state index in [0.29, 0.717) is 24.4 Å². The Hall–Kier alpha value is -0.480. The Morgan fingerprint density at radius 1 is 1.44 bits per heavy atom. The lowest BCUT2D eigenvalue weighted by Gasteiger charge is -2.23. The van der Waals surface area contributed by atoms with Gasteiger partial charge in [-0.05, 0) is 19.1 Å². The van der Waals surface area contributed by atoms with Crippen LogP contribution in [0.1, 0.15) is 38.4 Å². The highest BCUT2D eigenvalue weighted by Gasteiger charge is 2.20. The number of nitrogens with two attached hydrogens (primary N) is 1. The highest BCUT2D eigenvalue weighted by Crippen LogP contribution is 2.26. The molecule has 0 spiro atoms. The minimum absolute atomic E-state index is 0.409. The van der Waals surface area contributed by atoms with E-state index in [2.05, 4.69) is 36.6 Å². The second kappa shape index (κ2) is 6.30. The SMILES string of the molecule is CSCC(C)n1cncc1C(CN)C(C)C. The van der Waals surface area contributed by atoms with Gasteiger partial charge >= 0.3 is 0 Å². The molecule has 0 saturated heterocycles. The van der Waals surface area contributed by atoms with E-state index in [1.165, 1.54) is 5.69 Å². The first-order valence-corrected chi connectivity index (χ1v) is 7.21. The molecular formula is C12H23N3S. The van der Waals surface area contributed by atoms with Crippen molar-refractivity contribution in [3.8, 4) is 0 Å². The Morgan fingerprint density at radius 3 is 2.62 bits per heavy atom. The Kier molecular flexibility index (Phi) is 5.35. The fourth-order valence-electron chi connectivity index (χ4n) is 2.03. The average Bonchev–Trinajstić information content (AvgIpc) is 2.67. The number of thioether (sulfide) groups is 1. The van der Waals surface area contributed by atoms with Gasteiger partial charge in [0.25, 0.3) is 0 Å². The number of aromatic nitrogens is 2. The van der Waals surface area contributed by atoms with Gasteiger partial charge in [-0.15, -0.1) is 0 Å². The molecule has 0 aromatic carbocycles.